The number of rotatable bonds is 7. The summed E-state index contributed by atoms with van der Waals surface area (Å²) in [6, 6.07) is 13.4. The Kier molecular flexibility index (Phi) is 6.00. The zero-order valence-corrected chi connectivity index (χ0v) is 17.1. The lowest BCUT2D eigenvalue weighted by molar-refractivity contribution is -0.122. The number of hydrogen-bond acceptors (Lipinski definition) is 7. The maximum Gasteiger partial charge on any atom is 0.243 e. The largest absolute Gasteiger partial charge is 0.497 e. The van der Waals surface area contributed by atoms with E-state index in [1.165, 1.54) is 11.5 Å². The van der Waals surface area contributed by atoms with Gasteiger partial charge in [-0.3, -0.25) is 9.78 Å². The highest BCUT2D eigenvalue weighted by Gasteiger charge is 2.32. The molecule has 1 fully saturated rings. The van der Waals surface area contributed by atoms with Gasteiger partial charge in [-0.25, -0.2) is 4.98 Å². The zero-order valence-electron chi connectivity index (χ0n) is 16.2. The first kappa shape index (κ1) is 19.3. The van der Waals surface area contributed by atoms with E-state index in [1.807, 2.05) is 42.5 Å². The quantitative estimate of drug-likeness (QED) is 0.646. The zero-order chi connectivity index (χ0) is 20.1. The van der Waals surface area contributed by atoms with Gasteiger partial charge in [-0.15, -0.1) is 0 Å². The molecule has 1 saturated heterocycles. The number of ether oxygens (including phenoxy) is 1. The third kappa shape index (κ3) is 4.71. The first-order chi connectivity index (χ1) is 14.2. The topological polar surface area (TPSA) is 80.2 Å². The van der Waals surface area contributed by atoms with Crippen molar-refractivity contribution in [2.24, 2.45) is 0 Å². The Hall–Kier alpha value is -3.00. The predicted molar refractivity (Wildman–Crippen MR) is 112 cm³/mol. The van der Waals surface area contributed by atoms with Crippen molar-refractivity contribution in [2.45, 2.75) is 31.8 Å². The minimum absolute atomic E-state index is 0.0118. The van der Waals surface area contributed by atoms with Gasteiger partial charge in [-0.05, 0) is 42.7 Å². The van der Waals surface area contributed by atoms with Crippen LogP contribution in [-0.2, 0) is 17.8 Å². The number of anilines is 1. The first-order valence-corrected chi connectivity index (χ1v) is 10.4. The summed E-state index contributed by atoms with van der Waals surface area (Å²) < 4.78 is 9.78. The molecule has 0 aliphatic carbocycles. The molecule has 1 amide bonds. The molecule has 1 N–H and O–H groups in total. The van der Waals surface area contributed by atoms with Crippen LogP contribution >= 0.6 is 11.5 Å². The van der Waals surface area contributed by atoms with E-state index in [9.17, 15) is 4.79 Å². The third-order valence-corrected chi connectivity index (χ3v) is 5.72. The van der Waals surface area contributed by atoms with Crippen molar-refractivity contribution < 1.29 is 9.53 Å². The van der Waals surface area contributed by atoms with E-state index in [4.69, 9.17) is 9.72 Å². The molecule has 7 nitrogen and oxygen atoms in total. The minimum Gasteiger partial charge on any atom is -0.497 e. The Morgan fingerprint density at radius 3 is 3.07 bits per heavy atom. The molecule has 1 aliphatic heterocycles. The van der Waals surface area contributed by atoms with Crippen LogP contribution in [0.3, 0.4) is 0 Å². The minimum atomic E-state index is -0.212. The summed E-state index contributed by atoms with van der Waals surface area (Å²) in [7, 11) is 1.66. The number of nitrogens with one attached hydrogen (secondary N) is 1. The molecule has 0 radical (unpaired) electrons. The molecule has 3 aromatic rings. The van der Waals surface area contributed by atoms with Gasteiger partial charge in [0, 0.05) is 30.7 Å². The van der Waals surface area contributed by atoms with Crippen molar-refractivity contribution in [1.29, 1.82) is 0 Å². The number of carbonyl (C=O) groups is 1. The Bertz CT molecular complexity index is 962. The smallest absolute Gasteiger partial charge is 0.243 e. The standard InChI is InChI=1S/C21H23N5O2S/c1-28-17-8-4-6-15(12-17)13-19-24-21(29-25-19)26-11-5-9-18(26)20(27)23-14-16-7-2-3-10-22-16/h2-4,6-8,10,12,18H,5,9,11,13-14H2,1H3,(H,23,27). The van der Waals surface area contributed by atoms with Gasteiger partial charge in [0.05, 0.1) is 19.3 Å². The molecular weight excluding hydrogens is 386 g/mol. The molecule has 8 heteroatoms. The fourth-order valence-corrected chi connectivity index (χ4v) is 4.23. The normalized spacial score (nSPS) is 16.0. The fraction of sp³-hybridized carbons (Fsp3) is 0.333. The van der Waals surface area contributed by atoms with Crippen molar-refractivity contribution in [1.82, 2.24) is 19.7 Å². The highest BCUT2D eigenvalue weighted by molar-refractivity contribution is 7.09. The summed E-state index contributed by atoms with van der Waals surface area (Å²) in [5.74, 6) is 1.60. The number of benzene rings is 1. The molecule has 1 aromatic carbocycles. The lowest BCUT2D eigenvalue weighted by Gasteiger charge is -2.22. The van der Waals surface area contributed by atoms with Crippen LogP contribution in [0.2, 0.25) is 0 Å². The molecule has 3 heterocycles. The highest BCUT2D eigenvalue weighted by atomic mass is 32.1. The van der Waals surface area contributed by atoms with Gasteiger partial charge in [-0.2, -0.15) is 4.37 Å². The van der Waals surface area contributed by atoms with Crippen molar-refractivity contribution in [3.8, 4) is 5.75 Å². The van der Waals surface area contributed by atoms with Gasteiger partial charge in [0.15, 0.2) is 0 Å². The average Bonchev–Trinajstić information content (AvgIpc) is 3.42. The number of amides is 1. The van der Waals surface area contributed by atoms with Gasteiger partial charge in [0.2, 0.25) is 11.0 Å². The lowest BCUT2D eigenvalue weighted by atomic mass is 10.1. The van der Waals surface area contributed by atoms with Gasteiger partial charge < -0.3 is 15.0 Å². The van der Waals surface area contributed by atoms with Crippen molar-refractivity contribution in [2.75, 3.05) is 18.6 Å². The molecule has 4 rings (SSSR count). The SMILES string of the molecule is COc1cccc(Cc2nsc(N3CCCC3C(=O)NCc3ccccn3)n2)c1. The van der Waals surface area contributed by atoms with Crippen LogP contribution < -0.4 is 15.0 Å². The van der Waals surface area contributed by atoms with E-state index < -0.39 is 0 Å². The van der Waals surface area contributed by atoms with Crippen molar-refractivity contribution in [3.05, 3.63) is 65.7 Å². The van der Waals surface area contributed by atoms with Gasteiger partial charge in [0.1, 0.15) is 17.6 Å². The van der Waals surface area contributed by atoms with Gasteiger partial charge >= 0.3 is 0 Å². The Balaban J connectivity index is 1.40. The summed E-state index contributed by atoms with van der Waals surface area (Å²) >= 11 is 1.35. The summed E-state index contributed by atoms with van der Waals surface area (Å²) in [6.45, 7) is 1.25. The summed E-state index contributed by atoms with van der Waals surface area (Å²) in [5, 5.41) is 3.80. The van der Waals surface area contributed by atoms with Gasteiger partial charge in [-0.1, -0.05) is 18.2 Å². The predicted octanol–water partition coefficient (Wildman–Crippen LogP) is 2.82. The maximum atomic E-state index is 12.7. The second kappa shape index (κ2) is 9.00. The molecule has 0 spiro atoms. The first-order valence-electron chi connectivity index (χ1n) is 9.63. The van der Waals surface area contributed by atoms with Crippen LogP contribution in [0.1, 0.15) is 29.9 Å². The molecule has 29 heavy (non-hydrogen) atoms. The number of carbonyl (C=O) groups excluding carboxylic acids is 1. The molecule has 2 aromatic heterocycles. The van der Waals surface area contributed by atoms with Crippen molar-refractivity contribution in [3.63, 3.8) is 0 Å². The van der Waals surface area contributed by atoms with Crippen LogP contribution in [0.5, 0.6) is 5.75 Å². The molecule has 1 aliphatic rings. The molecular formula is C21H23N5O2S. The second-order valence-electron chi connectivity index (χ2n) is 6.91. The summed E-state index contributed by atoms with van der Waals surface area (Å²) in [6.07, 6.45) is 4.15. The second-order valence-corrected chi connectivity index (χ2v) is 7.64. The van der Waals surface area contributed by atoms with E-state index in [1.54, 1.807) is 13.3 Å². The number of methoxy groups -OCH3 is 1. The molecule has 0 saturated carbocycles. The Morgan fingerprint density at radius 2 is 2.24 bits per heavy atom. The van der Waals surface area contributed by atoms with E-state index in [2.05, 4.69) is 19.6 Å². The Labute approximate surface area is 173 Å². The van der Waals surface area contributed by atoms with Crippen LogP contribution in [0.4, 0.5) is 5.13 Å². The maximum absolute atomic E-state index is 12.7. The van der Waals surface area contributed by atoms with Crippen LogP contribution in [0, 0.1) is 0 Å². The van der Waals surface area contributed by atoms with Gasteiger partial charge in [0.25, 0.3) is 0 Å². The molecule has 0 bridgehead atoms. The third-order valence-electron chi connectivity index (χ3n) is 4.92. The summed E-state index contributed by atoms with van der Waals surface area (Å²) in [4.78, 5) is 23.7. The van der Waals surface area contributed by atoms with E-state index >= 15 is 0 Å². The van der Waals surface area contributed by atoms with E-state index in [0.29, 0.717) is 13.0 Å². The number of hydrogen-bond donors (Lipinski definition) is 1. The number of nitrogens with zero attached hydrogens (tertiary/aromatic N) is 4. The summed E-state index contributed by atoms with van der Waals surface area (Å²) in [5.41, 5.74) is 1.95. The average molecular weight is 410 g/mol. The number of aromatic nitrogens is 3. The molecule has 150 valence electrons. The molecule has 1 unspecified atom stereocenters. The van der Waals surface area contributed by atoms with Crippen LogP contribution in [0.15, 0.2) is 48.7 Å². The lowest BCUT2D eigenvalue weighted by Crippen LogP contribution is -2.43. The van der Waals surface area contributed by atoms with E-state index in [-0.39, 0.29) is 11.9 Å². The monoisotopic (exact) mass is 409 g/mol. The van der Waals surface area contributed by atoms with Crippen molar-refractivity contribution >= 4 is 22.6 Å². The van der Waals surface area contributed by atoms with E-state index in [0.717, 1.165) is 47.3 Å². The molecule has 1 atom stereocenters. The highest BCUT2D eigenvalue weighted by Crippen LogP contribution is 2.28. The number of pyridine rings is 1. The fourth-order valence-electron chi connectivity index (χ4n) is 3.46. The Morgan fingerprint density at radius 1 is 1.31 bits per heavy atom. The van der Waals surface area contributed by atoms with Crippen LogP contribution in [-0.4, -0.2) is 39.9 Å². The van der Waals surface area contributed by atoms with Crippen LogP contribution in [0.25, 0.3) is 0 Å².